The summed E-state index contributed by atoms with van der Waals surface area (Å²) in [4.78, 5) is 73.3. The Morgan fingerprint density at radius 2 is 1.71 bits per heavy atom. The number of benzene rings is 3. The predicted octanol–water partition coefficient (Wildman–Crippen LogP) is 5.06. The van der Waals surface area contributed by atoms with Crippen LogP contribution in [0, 0.1) is 18.2 Å². The second kappa shape index (κ2) is 19.6. The number of nitrogens with zero attached hydrogens (tertiary/aromatic N) is 7. The van der Waals surface area contributed by atoms with Gasteiger partial charge < -0.3 is 30.7 Å². The van der Waals surface area contributed by atoms with Crippen LogP contribution in [0.25, 0.3) is 38.4 Å². The van der Waals surface area contributed by atoms with Crippen LogP contribution >= 0.6 is 11.3 Å². The van der Waals surface area contributed by atoms with E-state index in [1.54, 1.807) is 60.6 Å². The first-order valence-electron chi connectivity index (χ1n) is 21.5. The lowest BCUT2D eigenvalue weighted by atomic mass is 9.85. The molecule has 66 heavy (non-hydrogen) atoms. The number of hydrogen-bond donors (Lipinski definition) is 4. The number of aliphatic hydroxyl groups is 1. The number of pyridine rings is 1. The summed E-state index contributed by atoms with van der Waals surface area (Å²) in [6, 6.07) is 19.9. The molecule has 0 radical (unpaired) electrons. The van der Waals surface area contributed by atoms with E-state index in [2.05, 4.69) is 47.1 Å². The summed E-state index contributed by atoms with van der Waals surface area (Å²) in [6.45, 7) is 6.91. The molecule has 1 aliphatic heterocycles. The van der Waals surface area contributed by atoms with Crippen LogP contribution in [0.5, 0.6) is 0 Å². The van der Waals surface area contributed by atoms with E-state index in [9.17, 15) is 24.3 Å². The molecule has 8 rings (SSSR count). The summed E-state index contributed by atoms with van der Waals surface area (Å²) in [5, 5.41) is 24.5. The molecule has 340 valence electrons. The van der Waals surface area contributed by atoms with Gasteiger partial charge in [-0.1, -0.05) is 63.2 Å². The van der Waals surface area contributed by atoms with Crippen molar-refractivity contribution < 1.29 is 33.4 Å². The molecule has 1 fully saturated rings. The van der Waals surface area contributed by atoms with E-state index >= 15 is 4.39 Å². The molecule has 1 saturated heterocycles. The molecule has 5 heterocycles. The van der Waals surface area contributed by atoms with Crippen molar-refractivity contribution in [1.82, 2.24) is 50.4 Å². The highest BCUT2D eigenvalue weighted by Gasteiger charge is 2.44. The fourth-order valence-electron chi connectivity index (χ4n) is 7.85. The number of imidazole rings is 1. The van der Waals surface area contributed by atoms with Gasteiger partial charge in [0.1, 0.15) is 30.2 Å². The normalized spacial score (nSPS) is 15.5. The first-order valence-corrected chi connectivity index (χ1v) is 22.3. The third kappa shape index (κ3) is 10.4. The van der Waals surface area contributed by atoms with Crippen LogP contribution in [0.2, 0.25) is 0 Å². The monoisotopic (exact) mass is 912 g/mol. The first-order chi connectivity index (χ1) is 31.7. The minimum Gasteiger partial charge on any atom is -0.391 e. The van der Waals surface area contributed by atoms with E-state index in [0.717, 1.165) is 43.9 Å². The van der Waals surface area contributed by atoms with Crippen LogP contribution in [-0.4, -0.2) is 108 Å². The molecule has 4 amide bonds. The van der Waals surface area contributed by atoms with Crippen LogP contribution in [0.3, 0.4) is 0 Å². The molecular formula is C48H49FN10O6S. The zero-order chi connectivity index (χ0) is 46.5. The molecule has 0 spiro atoms. The predicted molar refractivity (Wildman–Crippen MR) is 246 cm³/mol. The number of hydrogen-bond acceptors (Lipinski definition) is 12. The third-order valence-corrected chi connectivity index (χ3v) is 12.3. The second-order valence-corrected chi connectivity index (χ2v) is 18.1. The highest BCUT2D eigenvalue weighted by molar-refractivity contribution is 7.13. The maximum Gasteiger partial charge on any atom is 0.254 e. The molecule has 3 atom stereocenters. The van der Waals surface area contributed by atoms with Gasteiger partial charge in [-0.05, 0) is 59.4 Å². The Morgan fingerprint density at radius 3 is 2.47 bits per heavy atom. The molecule has 0 bridgehead atoms. The van der Waals surface area contributed by atoms with Crippen molar-refractivity contribution in [3.05, 3.63) is 131 Å². The van der Waals surface area contributed by atoms with Gasteiger partial charge in [-0.2, -0.15) is 5.10 Å². The van der Waals surface area contributed by atoms with E-state index in [0.29, 0.717) is 23.5 Å². The van der Waals surface area contributed by atoms with Crippen LogP contribution in [0.1, 0.15) is 60.1 Å². The average Bonchev–Trinajstić information content (AvgIpc) is 4.04. The Morgan fingerprint density at radius 1 is 0.939 bits per heavy atom. The zero-order valence-corrected chi connectivity index (χ0v) is 37.6. The van der Waals surface area contributed by atoms with Gasteiger partial charge in [-0.15, -0.1) is 11.3 Å². The maximum absolute atomic E-state index is 15.4. The molecule has 0 aliphatic carbocycles. The average molecular weight is 913 g/mol. The van der Waals surface area contributed by atoms with Gasteiger partial charge >= 0.3 is 0 Å². The number of β-amino-alcohol motifs (C(OH)–C–C–N with tert-alkyl or cyclic N) is 1. The Balaban J connectivity index is 0.807. The lowest BCUT2D eigenvalue weighted by Crippen LogP contribution is -2.58. The Bertz CT molecular complexity index is 2920. The summed E-state index contributed by atoms with van der Waals surface area (Å²) >= 11 is 1.56. The molecular weight excluding hydrogens is 864 g/mol. The van der Waals surface area contributed by atoms with Gasteiger partial charge in [0.15, 0.2) is 0 Å². The summed E-state index contributed by atoms with van der Waals surface area (Å²) in [7, 11) is 0. The molecule has 18 heteroatoms. The molecule has 7 aromatic rings. The topological polar surface area (TPSA) is 206 Å². The van der Waals surface area contributed by atoms with Gasteiger partial charge in [-0.25, -0.2) is 23.9 Å². The fraction of sp³-hybridized carbons (Fsp3) is 0.312. The number of carbonyl (C=O) groups is 4. The summed E-state index contributed by atoms with van der Waals surface area (Å²) < 4.78 is 22.5. The molecule has 16 nitrogen and oxygen atoms in total. The highest BCUT2D eigenvalue weighted by atomic mass is 32.1. The molecule has 0 unspecified atom stereocenters. The molecule has 4 N–H and O–H groups in total. The van der Waals surface area contributed by atoms with Crippen molar-refractivity contribution in [3.8, 4) is 21.7 Å². The van der Waals surface area contributed by atoms with Crippen molar-refractivity contribution in [2.75, 3.05) is 26.3 Å². The number of amides is 4. The van der Waals surface area contributed by atoms with Crippen LogP contribution in [0.15, 0.2) is 96.9 Å². The van der Waals surface area contributed by atoms with E-state index in [-0.39, 0.29) is 38.2 Å². The van der Waals surface area contributed by atoms with Crippen molar-refractivity contribution in [1.29, 1.82) is 0 Å². The quantitative estimate of drug-likeness (QED) is 0.100. The lowest BCUT2D eigenvalue weighted by Gasteiger charge is -2.35. The van der Waals surface area contributed by atoms with Crippen molar-refractivity contribution in [3.63, 3.8) is 0 Å². The lowest BCUT2D eigenvalue weighted by molar-refractivity contribution is -0.144. The fourth-order valence-corrected chi connectivity index (χ4v) is 8.67. The minimum absolute atomic E-state index is 0.0351. The number of aryl methyl sites for hydroxylation is 1. The Kier molecular flexibility index (Phi) is 13.5. The summed E-state index contributed by atoms with van der Waals surface area (Å²) in [5.74, 6) is -2.56. The molecule has 1 aliphatic rings. The van der Waals surface area contributed by atoms with Crippen molar-refractivity contribution >= 4 is 51.6 Å². The minimum atomic E-state index is -1.05. The largest absolute Gasteiger partial charge is 0.391 e. The summed E-state index contributed by atoms with van der Waals surface area (Å²) in [6.07, 6.45) is 4.62. The molecule has 3 aromatic carbocycles. The number of aliphatic hydroxyl groups excluding tert-OH is 1. The first kappa shape index (κ1) is 45.5. The number of thiazole rings is 1. The Hall–Kier alpha value is -7.02. The SMILES string of the molecule is Cc1ncsc1-c1ccc(CNC(=O)[C@@H]2C[C@@H](O)CN2C(=O)[C@@H](NC(=O)COCCNC(=O)c2ccc(-c3cnc4ncc(Cc5ccc6ncccc6c5)n4n3)cc2F)C(C)(C)C)cc1. The second-order valence-electron chi connectivity index (χ2n) is 17.3. The number of carbonyl (C=O) groups excluding carboxylic acids is 4. The van der Waals surface area contributed by atoms with E-state index in [1.165, 1.54) is 23.2 Å². The van der Waals surface area contributed by atoms with Crippen molar-refractivity contribution in [2.45, 2.75) is 65.3 Å². The number of fused-ring (bicyclic) bond motifs is 2. The maximum atomic E-state index is 15.4. The standard InChI is InChI=1S/C48H49FN10O6S/c1-28-42(66-27-55-28)31-10-7-29(8-11-31)22-52-45(63)40-21-35(60)25-58(40)46(64)43(48(2,3)4)56-41(61)26-65-17-16-51-44(62)36-13-12-33(20-37(36)49)39-24-54-47-53-23-34(59(47)57-39)19-30-9-14-38-32(18-30)6-5-15-50-38/h5-15,18,20,23-24,27,35,40,43,60H,16-17,19,21-22,25-26H2,1-4H3,(H,51,62)(H,52,63)(H,56,61)/t35-,40+,43-/m1/s1. The third-order valence-electron chi connectivity index (χ3n) is 11.3. The van der Waals surface area contributed by atoms with E-state index < -0.39 is 59.7 Å². The highest BCUT2D eigenvalue weighted by Crippen LogP contribution is 2.29. The summed E-state index contributed by atoms with van der Waals surface area (Å²) in [5.41, 5.74) is 7.19. The van der Waals surface area contributed by atoms with Crippen LogP contribution in [-0.2, 0) is 32.1 Å². The van der Waals surface area contributed by atoms with Crippen LogP contribution < -0.4 is 16.0 Å². The zero-order valence-electron chi connectivity index (χ0n) is 36.8. The van der Waals surface area contributed by atoms with Crippen molar-refractivity contribution in [2.24, 2.45) is 5.41 Å². The molecule has 4 aromatic heterocycles. The number of halogens is 1. The number of rotatable bonds is 15. The van der Waals surface area contributed by atoms with Gasteiger partial charge in [0.25, 0.3) is 11.7 Å². The van der Waals surface area contributed by atoms with Gasteiger partial charge in [-0.3, -0.25) is 24.2 Å². The molecule has 0 saturated carbocycles. The number of aromatic nitrogens is 6. The van der Waals surface area contributed by atoms with Gasteiger partial charge in [0, 0.05) is 49.6 Å². The number of ether oxygens (including phenoxy) is 1. The van der Waals surface area contributed by atoms with Gasteiger partial charge in [0.2, 0.25) is 17.7 Å². The Labute approximate surface area is 383 Å². The number of nitrogens with one attached hydrogen (secondary N) is 3. The smallest absolute Gasteiger partial charge is 0.254 e. The van der Waals surface area contributed by atoms with E-state index in [4.69, 9.17) is 4.74 Å². The van der Waals surface area contributed by atoms with E-state index in [1.807, 2.05) is 55.5 Å². The van der Waals surface area contributed by atoms with Gasteiger partial charge in [0.05, 0.1) is 58.0 Å². The number of likely N-dealkylation sites (tertiary alicyclic amines) is 1. The van der Waals surface area contributed by atoms with Crippen LogP contribution in [0.4, 0.5) is 4.39 Å².